The second-order valence-corrected chi connectivity index (χ2v) is 9.13. The molecule has 0 aromatic heterocycles. The standard InChI is InChI=1S/C19H31NO5S/c1-7-16(12-13-20(6)18(21)25-19(3,4)5)14-24-26(22,23)17-10-8-15(2)9-11-17/h8-11,16H,7,12-14H2,1-6H3. The maximum atomic E-state index is 12.3. The summed E-state index contributed by atoms with van der Waals surface area (Å²) in [6.07, 6.45) is 1.00. The second-order valence-electron chi connectivity index (χ2n) is 7.52. The van der Waals surface area contributed by atoms with Crippen molar-refractivity contribution in [2.75, 3.05) is 20.2 Å². The molecule has 148 valence electrons. The van der Waals surface area contributed by atoms with Crippen LogP contribution in [0.2, 0.25) is 0 Å². The highest BCUT2D eigenvalue weighted by Gasteiger charge is 2.21. The average Bonchev–Trinajstić information content (AvgIpc) is 2.53. The number of carbonyl (C=O) groups is 1. The van der Waals surface area contributed by atoms with Crippen LogP contribution in [0.4, 0.5) is 4.79 Å². The molecule has 0 aliphatic carbocycles. The summed E-state index contributed by atoms with van der Waals surface area (Å²) in [4.78, 5) is 13.6. The van der Waals surface area contributed by atoms with Crippen LogP contribution in [-0.2, 0) is 19.0 Å². The first-order valence-corrected chi connectivity index (χ1v) is 10.3. The van der Waals surface area contributed by atoms with Crippen molar-refractivity contribution < 1.29 is 22.1 Å². The number of amides is 1. The maximum Gasteiger partial charge on any atom is 0.410 e. The summed E-state index contributed by atoms with van der Waals surface area (Å²) < 4.78 is 35.0. The van der Waals surface area contributed by atoms with E-state index < -0.39 is 15.7 Å². The minimum Gasteiger partial charge on any atom is -0.444 e. The fourth-order valence-electron chi connectivity index (χ4n) is 2.17. The van der Waals surface area contributed by atoms with E-state index in [1.165, 1.54) is 4.90 Å². The quantitative estimate of drug-likeness (QED) is 0.633. The van der Waals surface area contributed by atoms with Gasteiger partial charge in [0.2, 0.25) is 0 Å². The number of hydrogen-bond acceptors (Lipinski definition) is 5. The Morgan fingerprint density at radius 3 is 2.27 bits per heavy atom. The Morgan fingerprint density at radius 2 is 1.77 bits per heavy atom. The van der Waals surface area contributed by atoms with Gasteiger partial charge in [-0.3, -0.25) is 4.18 Å². The van der Waals surface area contributed by atoms with Crippen molar-refractivity contribution in [1.82, 2.24) is 4.90 Å². The van der Waals surface area contributed by atoms with Crippen molar-refractivity contribution in [1.29, 1.82) is 0 Å². The third kappa shape index (κ3) is 7.74. The van der Waals surface area contributed by atoms with E-state index in [1.807, 2.05) is 34.6 Å². The number of carbonyl (C=O) groups excluding carboxylic acids is 1. The van der Waals surface area contributed by atoms with Gasteiger partial charge in [0.15, 0.2) is 0 Å². The van der Waals surface area contributed by atoms with E-state index in [4.69, 9.17) is 8.92 Å². The van der Waals surface area contributed by atoms with E-state index in [-0.39, 0.29) is 23.5 Å². The zero-order valence-electron chi connectivity index (χ0n) is 16.6. The lowest BCUT2D eigenvalue weighted by Gasteiger charge is -2.25. The number of benzene rings is 1. The summed E-state index contributed by atoms with van der Waals surface area (Å²) in [5.74, 6) is 0.0279. The Labute approximate surface area is 157 Å². The van der Waals surface area contributed by atoms with Crippen LogP contribution in [0.1, 0.15) is 46.1 Å². The van der Waals surface area contributed by atoms with E-state index >= 15 is 0 Å². The lowest BCUT2D eigenvalue weighted by molar-refractivity contribution is 0.0285. The summed E-state index contributed by atoms with van der Waals surface area (Å²) in [5, 5.41) is 0. The van der Waals surface area contributed by atoms with Crippen molar-refractivity contribution in [2.24, 2.45) is 5.92 Å². The minimum absolute atomic E-state index is 0.0279. The minimum atomic E-state index is -3.77. The summed E-state index contributed by atoms with van der Waals surface area (Å²) in [7, 11) is -2.10. The normalized spacial score (nSPS) is 13.3. The first-order chi connectivity index (χ1) is 11.9. The fourth-order valence-corrected chi connectivity index (χ4v) is 3.15. The maximum absolute atomic E-state index is 12.3. The molecule has 0 spiro atoms. The van der Waals surface area contributed by atoms with Crippen molar-refractivity contribution in [3.8, 4) is 0 Å². The van der Waals surface area contributed by atoms with Gasteiger partial charge in [-0.2, -0.15) is 8.42 Å². The first-order valence-electron chi connectivity index (χ1n) is 8.85. The molecule has 0 heterocycles. The van der Waals surface area contributed by atoms with Crippen molar-refractivity contribution in [2.45, 2.75) is 58.0 Å². The average molecular weight is 386 g/mol. The van der Waals surface area contributed by atoms with Crippen LogP contribution < -0.4 is 0 Å². The Hall–Kier alpha value is -1.60. The van der Waals surface area contributed by atoms with Gasteiger partial charge in [0, 0.05) is 13.6 Å². The zero-order chi connectivity index (χ0) is 20.0. The topological polar surface area (TPSA) is 72.9 Å². The van der Waals surface area contributed by atoms with Gasteiger partial charge in [-0.1, -0.05) is 31.0 Å². The smallest absolute Gasteiger partial charge is 0.410 e. The summed E-state index contributed by atoms with van der Waals surface area (Å²) in [6, 6.07) is 6.57. The molecule has 0 bridgehead atoms. The Kier molecular flexibility index (Phi) is 8.09. The molecule has 0 aliphatic rings. The molecular weight excluding hydrogens is 354 g/mol. The lowest BCUT2D eigenvalue weighted by atomic mass is 10.0. The molecular formula is C19H31NO5S. The first kappa shape index (κ1) is 22.4. The third-order valence-corrected chi connectivity index (χ3v) is 5.22. The van der Waals surface area contributed by atoms with Gasteiger partial charge in [-0.25, -0.2) is 4.79 Å². The predicted octanol–water partition coefficient (Wildman–Crippen LogP) is 3.98. The second kappa shape index (κ2) is 9.37. The molecule has 1 aromatic rings. The van der Waals surface area contributed by atoms with Gasteiger partial charge in [-0.05, 0) is 52.2 Å². The molecule has 1 rings (SSSR count). The zero-order valence-corrected chi connectivity index (χ0v) is 17.4. The molecule has 1 aromatic carbocycles. The molecule has 0 aliphatic heterocycles. The number of ether oxygens (including phenoxy) is 1. The number of hydrogen-bond donors (Lipinski definition) is 0. The molecule has 1 unspecified atom stereocenters. The number of rotatable bonds is 8. The van der Waals surface area contributed by atoms with Gasteiger partial charge in [-0.15, -0.1) is 0 Å². The van der Waals surface area contributed by atoms with Crippen molar-refractivity contribution >= 4 is 16.2 Å². The molecule has 0 saturated carbocycles. The van der Waals surface area contributed by atoms with E-state index in [2.05, 4.69) is 0 Å². The molecule has 1 amide bonds. The summed E-state index contributed by atoms with van der Waals surface area (Å²) in [6.45, 7) is 9.88. The fraction of sp³-hybridized carbons (Fsp3) is 0.632. The summed E-state index contributed by atoms with van der Waals surface area (Å²) >= 11 is 0. The van der Waals surface area contributed by atoms with Crippen LogP contribution in [0.5, 0.6) is 0 Å². The van der Waals surface area contributed by atoms with Crippen molar-refractivity contribution in [3.63, 3.8) is 0 Å². The molecule has 7 heteroatoms. The molecule has 26 heavy (non-hydrogen) atoms. The molecule has 0 fully saturated rings. The number of aryl methyl sites for hydroxylation is 1. The molecule has 1 atom stereocenters. The Balaban J connectivity index is 2.54. The van der Waals surface area contributed by atoms with E-state index in [0.29, 0.717) is 13.0 Å². The van der Waals surface area contributed by atoms with Crippen molar-refractivity contribution in [3.05, 3.63) is 29.8 Å². The van der Waals surface area contributed by atoms with E-state index in [0.717, 1.165) is 12.0 Å². The van der Waals surface area contributed by atoms with Gasteiger partial charge in [0.25, 0.3) is 10.1 Å². The predicted molar refractivity (Wildman–Crippen MR) is 102 cm³/mol. The highest BCUT2D eigenvalue weighted by atomic mass is 32.2. The third-order valence-electron chi connectivity index (χ3n) is 3.92. The molecule has 0 saturated heterocycles. The van der Waals surface area contributed by atoms with Gasteiger partial charge in [0.05, 0.1) is 11.5 Å². The van der Waals surface area contributed by atoms with Crippen LogP contribution in [0.25, 0.3) is 0 Å². The molecule has 6 nitrogen and oxygen atoms in total. The lowest BCUT2D eigenvalue weighted by Crippen LogP contribution is -2.35. The van der Waals surface area contributed by atoms with Crippen LogP contribution >= 0.6 is 0 Å². The monoisotopic (exact) mass is 385 g/mol. The molecule has 0 radical (unpaired) electrons. The Bertz CT molecular complexity index is 677. The molecule has 0 N–H and O–H groups in total. The summed E-state index contributed by atoms with van der Waals surface area (Å²) in [5.41, 5.74) is 0.446. The van der Waals surface area contributed by atoms with Crippen LogP contribution in [0, 0.1) is 12.8 Å². The van der Waals surface area contributed by atoms with Gasteiger partial charge < -0.3 is 9.64 Å². The van der Waals surface area contributed by atoms with Crippen LogP contribution in [0.3, 0.4) is 0 Å². The van der Waals surface area contributed by atoms with E-state index in [9.17, 15) is 13.2 Å². The highest BCUT2D eigenvalue weighted by Crippen LogP contribution is 2.17. The van der Waals surface area contributed by atoms with E-state index in [1.54, 1.807) is 31.3 Å². The van der Waals surface area contributed by atoms with Gasteiger partial charge in [0.1, 0.15) is 5.60 Å². The highest BCUT2D eigenvalue weighted by molar-refractivity contribution is 7.86. The van der Waals surface area contributed by atoms with Crippen LogP contribution in [0.15, 0.2) is 29.2 Å². The van der Waals surface area contributed by atoms with Gasteiger partial charge >= 0.3 is 6.09 Å². The van der Waals surface area contributed by atoms with Crippen LogP contribution in [-0.4, -0.2) is 45.2 Å². The number of nitrogens with zero attached hydrogens (tertiary/aromatic N) is 1. The largest absolute Gasteiger partial charge is 0.444 e. The Morgan fingerprint density at radius 1 is 1.19 bits per heavy atom. The SMILES string of the molecule is CCC(CCN(C)C(=O)OC(C)(C)C)COS(=O)(=O)c1ccc(C)cc1.